The number of nitrogens with zero attached hydrogens (tertiary/aromatic N) is 3. The molecule has 2 heterocycles. The fourth-order valence-electron chi connectivity index (χ4n) is 3.41. The fourth-order valence-corrected chi connectivity index (χ4v) is 3.41. The third-order valence-electron chi connectivity index (χ3n) is 4.85. The van der Waals surface area contributed by atoms with Crippen molar-refractivity contribution >= 4 is 23.1 Å². The van der Waals surface area contributed by atoms with Crippen molar-refractivity contribution in [3.05, 3.63) is 75.6 Å². The first-order chi connectivity index (χ1) is 14.8. The Bertz CT molecular complexity index is 1000. The van der Waals surface area contributed by atoms with Crippen LogP contribution in [0.1, 0.15) is 37.6 Å². The number of carbonyl (C=O) groups is 2. The SMILES string of the molecule is CC(C)OCCCN1C(=O)C(=O)C(=C(O)c2ccc([N+](=O)[O-])cc2)[C@H]1c1ccccn1. The zero-order chi connectivity index (χ0) is 22.5. The van der Waals surface area contributed by atoms with Gasteiger partial charge in [0.25, 0.3) is 17.4 Å². The molecule has 1 N–H and O–H groups in total. The summed E-state index contributed by atoms with van der Waals surface area (Å²) in [6.45, 7) is 4.47. The summed E-state index contributed by atoms with van der Waals surface area (Å²) >= 11 is 0. The molecule has 1 aromatic carbocycles. The number of amides is 1. The molecule has 1 aliphatic rings. The number of nitro benzene ring substituents is 1. The summed E-state index contributed by atoms with van der Waals surface area (Å²) in [6, 6.07) is 9.39. The number of non-ortho nitro benzene ring substituents is 1. The standard InChI is InChI=1S/C22H23N3O6/c1-14(2)31-13-5-12-24-19(17-6-3-4-11-23-17)18(21(27)22(24)28)20(26)15-7-9-16(10-8-15)25(29)30/h3-4,6-11,14,19,26H,5,12-13H2,1-2H3/t19-/m1/s1. The van der Waals surface area contributed by atoms with Crippen LogP contribution in [0.15, 0.2) is 54.2 Å². The number of benzene rings is 1. The van der Waals surface area contributed by atoms with Crippen molar-refractivity contribution in [2.45, 2.75) is 32.4 Å². The average Bonchev–Trinajstić information content (AvgIpc) is 3.01. The van der Waals surface area contributed by atoms with Gasteiger partial charge in [0.2, 0.25) is 0 Å². The lowest BCUT2D eigenvalue weighted by Gasteiger charge is -2.24. The summed E-state index contributed by atoms with van der Waals surface area (Å²) in [5.41, 5.74) is 0.397. The van der Waals surface area contributed by atoms with Gasteiger partial charge in [-0.2, -0.15) is 0 Å². The second-order valence-corrected chi connectivity index (χ2v) is 7.32. The number of Topliss-reactive ketones (excluding diaryl/α,β-unsaturated/α-hetero) is 1. The highest BCUT2D eigenvalue weighted by Crippen LogP contribution is 2.38. The molecule has 162 valence electrons. The minimum atomic E-state index is -0.865. The monoisotopic (exact) mass is 425 g/mol. The van der Waals surface area contributed by atoms with E-state index >= 15 is 0 Å². The highest BCUT2D eigenvalue weighted by molar-refractivity contribution is 6.46. The third-order valence-corrected chi connectivity index (χ3v) is 4.85. The van der Waals surface area contributed by atoms with Crippen molar-refractivity contribution in [3.8, 4) is 0 Å². The van der Waals surface area contributed by atoms with Gasteiger partial charge < -0.3 is 14.7 Å². The Hall–Kier alpha value is -3.59. The van der Waals surface area contributed by atoms with Crippen LogP contribution >= 0.6 is 0 Å². The van der Waals surface area contributed by atoms with E-state index in [2.05, 4.69) is 4.98 Å². The molecule has 0 unspecified atom stereocenters. The van der Waals surface area contributed by atoms with E-state index in [0.717, 1.165) is 0 Å². The molecule has 0 radical (unpaired) electrons. The lowest BCUT2D eigenvalue weighted by Crippen LogP contribution is -2.31. The van der Waals surface area contributed by atoms with Crippen molar-refractivity contribution in [1.82, 2.24) is 9.88 Å². The number of nitro groups is 1. The molecule has 9 nitrogen and oxygen atoms in total. The number of rotatable bonds is 8. The summed E-state index contributed by atoms with van der Waals surface area (Å²) in [6.07, 6.45) is 2.10. The topological polar surface area (TPSA) is 123 Å². The van der Waals surface area contributed by atoms with E-state index in [1.54, 1.807) is 24.4 Å². The maximum absolute atomic E-state index is 12.9. The quantitative estimate of drug-likeness (QED) is 0.172. The van der Waals surface area contributed by atoms with Crippen molar-refractivity contribution in [1.29, 1.82) is 0 Å². The Morgan fingerprint density at radius 3 is 2.52 bits per heavy atom. The first-order valence-electron chi connectivity index (χ1n) is 9.87. The van der Waals surface area contributed by atoms with E-state index in [1.807, 2.05) is 13.8 Å². The molecule has 1 amide bonds. The molecule has 31 heavy (non-hydrogen) atoms. The normalized spacial score (nSPS) is 18.0. The molecule has 1 aromatic heterocycles. The van der Waals surface area contributed by atoms with Crippen molar-refractivity contribution in [2.24, 2.45) is 0 Å². The summed E-state index contributed by atoms with van der Waals surface area (Å²) < 4.78 is 5.52. The van der Waals surface area contributed by atoms with Crippen LogP contribution in [0.2, 0.25) is 0 Å². The second kappa shape index (κ2) is 9.48. The van der Waals surface area contributed by atoms with Gasteiger partial charge in [0.05, 0.1) is 22.3 Å². The maximum atomic E-state index is 12.9. The summed E-state index contributed by atoms with van der Waals surface area (Å²) in [5.74, 6) is -1.95. The molecule has 1 aliphatic heterocycles. The summed E-state index contributed by atoms with van der Waals surface area (Å²) in [4.78, 5) is 41.6. The lowest BCUT2D eigenvalue weighted by atomic mass is 9.98. The molecule has 0 spiro atoms. The number of pyridine rings is 1. The first kappa shape index (κ1) is 22.1. The molecular weight excluding hydrogens is 402 g/mol. The van der Waals surface area contributed by atoms with Gasteiger partial charge in [0.1, 0.15) is 11.8 Å². The van der Waals surface area contributed by atoms with Crippen molar-refractivity contribution < 1.29 is 24.4 Å². The van der Waals surface area contributed by atoms with E-state index in [-0.39, 0.29) is 29.5 Å². The van der Waals surface area contributed by atoms with Gasteiger partial charge in [-0.05, 0) is 44.5 Å². The van der Waals surface area contributed by atoms with Gasteiger partial charge in [0.15, 0.2) is 0 Å². The molecule has 3 rings (SSSR count). The number of likely N-dealkylation sites (tertiary alicyclic amines) is 1. The first-order valence-corrected chi connectivity index (χ1v) is 9.87. The Kier molecular flexibility index (Phi) is 6.76. The predicted molar refractivity (Wildman–Crippen MR) is 112 cm³/mol. The Morgan fingerprint density at radius 2 is 1.94 bits per heavy atom. The molecule has 2 aromatic rings. The lowest BCUT2D eigenvalue weighted by molar-refractivity contribution is -0.384. The molecule has 0 saturated carbocycles. The van der Waals surface area contributed by atoms with E-state index in [0.29, 0.717) is 18.7 Å². The summed E-state index contributed by atoms with van der Waals surface area (Å²) in [7, 11) is 0. The minimum Gasteiger partial charge on any atom is -0.507 e. The smallest absolute Gasteiger partial charge is 0.295 e. The van der Waals surface area contributed by atoms with Crippen LogP contribution < -0.4 is 0 Å². The third kappa shape index (κ3) is 4.77. The number of aliphatic hydroxyl groups excluding tert-OH is 1. The van der Waals surface area contributed by atoms with E-state index in [9.17, 15) is 24.8 Å². The number of hydrogen-bond acceptors (Lipinski definition) is 7. The molecule has 9 heteroatoms. The largest absolute Gasteiger partial charge is 0.507 e. The predicted octanol–water partition coefficient (Wildman–Crippen LogP) is 3.23. The highest BCUT2D eigenvalue weighted by atomic mass is 16.6. The molecule has 1 saturated heterocycles. The van der Waals surface area contributed by atoms with Crippen LogP contribution in [0.25, 0.3) is 5.76 Å². The molecule has 1 atom stereocenters. The number of aliphatic hydroxyl groups is 1. The van der Waals surface area contributed by atoms with Crippen LogP contribution in [0.4, 0.5) is 5.69 Å². The van der Waals surface area contributed by atoms with Gasteiger partial charge >= 0.3 is 0 Å². The number of carbonyl (C=O) groups excluding carboxylic acids is 2. The Labute approximate surface area is 179 Å². The van der Waals surface area contributed by atoms with Crippen LogP contribution in [0, 0.1) is 10.1 Å². The summed E-state index contributed by atoms with van der Waals surface area (Å²) in [5, 5.41) is 21.8. The van der Waals surface area contributed by atoms with Gasteiger partial charge in [-0.15, -0.1) is 0 Å². The van der Waals surface area contributed by atoms with Crippen LogP contribution in [0.5, 0.6) is 0 Å². The van der Waals surface area contributed by atoms with Crippen molar-refractivity contribution in [2.75, 3.05) is 13.2 Å². The van der Waals surface area contributed by atoms with Crippen LogP contribution in [-0.4, -0.2) is 50.9 Å². The van der Waals surface area contributed by atoms with E-state index < -0.39 is 28.4 Å². The number of ketones is 1. The number of ether oxygens (including phenoxy) is 1. The van der Waals surface area contributed by atoms with Gasteiger partial charge in [-0.25, -0.2) is 0 Å². The Morgan fingerprint density at radius 1 is 1.23 bits per heavy atom. The zero-order valence-electron chi connectivity index (χ0n) is 17.2. The second-order valence-electron chi connectivity index (χ2n) is 7.32. The van der Waals surface area contributed by atoms with Crippen molar-refractivity contribution in [3.63, 3.8) is 0 Å². The van der Waals surface area contributed by atoms with E-state index in [1.165, 1.54) is 29.2 Å². The molecule has 0 bridgehead atoms. The van der Waals surface area contributed by atoms with Gasteiger partial charge in [-0.1, -0.05) is 6.07 Å². The number of hydrogen-bond donors (Lipinski definition) is 1. The molecular formula is C22H23N3O6. The fraction of sp³-hybridized carbons (Fsp3) is 0.318. The Balaban J connectivity index is 2.00. The van der Waals surface area contributed by atoms with Gasteiger partial charge in [-0.3, -0.25) is 24.7 Å². The van der Waals surface area contributed by atoms with Crippen LogP contribution in [0.3, 0.4) is 0 Å². The molecule has 0 aliphatic carbocycles. The number of aromatic nitrogens is 1. The highest BCUT2D eigenvalue weighted by Gasteiger charge is 2.46. The minimum absolute atomic E-state index is 0.0455. The average molecular weight is 425 g/mol. The molecule has 1 fully saturated rings. The van der Waals surface area contributed by atoms with Gasteiger partial charge in [0, 0.05) is 37.0 Å². The van der Waals surface area contributed by atoms with Crippen LogP contribution in [-0.2, 0) is 14.3 Å². The van der Waals surface area contributed by atoms with E-state index in [4.69, 9.17) is 4.74 Å². The maximum Gasteiger partial charge on any atom is 0.295 e. The zero-order valence-corrected chi connectivity index (χ0v) is 17.2.